The molecule has 3 rings (SSSR count). The monoisotopic (exact) mass is 340 g/mol. The van der Waals surface area contributed by atoms with Gasteiger partial charge in [0.25, 0.3) is 0 Å². The zero-order valence-electron chi connectivity index (χ0n) is 14.4. The fourth-order valence-corrected chi connectivity index (χ4v) is 2.91. The summed E-state index contributed by atoms with van der Waals surface area (Å²) in [4.78, 5) is 11.5. The van der Waals surface area contributed by atoms with Gasteiger partial charge in [0.05, 0.1) is 33.1 Å². The lowest BCUT2D eigenvalue weighted by Crippen LogP contribution is -2.17. The van der Waals surface area contributed by atoms with E-state index in [1.807, 2.05) is 42.5 Å². The molecule has 0 saturated heterocycles. The first-order chi connectivity index (χ1) is 12.2. The van der Waals surface area contributed by atoms with Gasteiger partial charge in [0, 0.05) is 12.0 Å². The minimum atomic E-state index is -0.133. The van der Waals surface area contributed by atoms with Crippen LogP contribution in [0, 0.1) is 0 Å². The van der Waals surface area contributed by atoms with Crippen molar-refractivity contribution in [2.45, 2.75) is 12.5 Å². The summed E-state index contributed by atoms with van der Waals surface area (Å²) in [6.45, 7) is 0. The van der Waals surface area contributed by atoms with Crippen molar-refractivity contribution in [1.29, 1.82) is 0 Å². The van der Waals surface area contributed by atoms with E-state index in [-0.39, 0.29) is 6.04 Å². The summed E-state index contributed by atoms with van der Waals surface area (Å²) in [6, 6.07) is 13.2. The van der Waals surface area contributed by atoms with Crippen LogP contribution in [0.25, 0.3) is 0 Å². The van der Waals surface area contributed by atoms with Crippen molar-refractivity contribution in [3.8, 4) is 17.2 Å². The summed E-state index contributed by atoms with van der Waals surface area (Å²) in [6.07, 6.45) is 1.38. The molecular formula is C19H20N2O4. The minimum Gasteiger partial charge on any atom is -0.497 e. The Morgan fingerprint density at radius 1 is 1.00 bits per heavy atom. The number of ether oxygens (including phenoxy) is 3. The summed E-state index contributed by atoms with van der Waals surface area (Å²) in [7, 11) is 4.81. The molecule has 2 aromatic rings. The first-order valence-corrected chi connectivity index (χ1v) is 7.87. The van der Waals surface area contributed by atoms with Gasteiger partial charge in [0.1, 0.15) is 5.75 Å². The lowest BCUT2D eigenvalue weighted by Gasteiger charge is -2.17. The molecule has 0 spiro atoms. The largest absolute Gasteiger partial charge is 0.497 e. The molecule has 0 saturated carbocycles. The van der Waals surface area contributed by atoms with E-state index < -0.39 is 0 Å². The molecule has 0 aliphatic carbocycles. The third-order valence-electron chi connectivity index (χ3n) is 4.27. The van der Waals surface area contributed by atoms with Gasteiger partial charge in [-0.2, -0.15) is 5.10 Å². The quantitative estimate of drug-likeness (QED) is 0.759. The van der Waals surface area contributed by atoms with E-state index in [9.17, 15) is 4.79 Å². The molecule has 1 unspecified atom stereocenters. The Bertz CT molecular complexity index is 787. The highest BCUT2D eigenvalue weighted by molar-refractivity contribution is 6.03. The Hall–Kier alpha value is -3.02. The summed E-state index contributed by atoms with van der Waals surface area (Å²) < 4.78 is 15.8. The minimum absolute atomic E-state index is 0.133. The van der Waals surface area contributed by atoms with Gasteiger partial charge in [-0.1, -0.05) is 12.1 Å². The van der Waals surface area contributed by atoms with Gasteiger partial charge in [-0.3, -0.25) is 4.79 Å². The Balaban J connectivity index is 1.88. The van der Waals surface area contributed by atoms with Crippen molar-refractivity contribution in [3.05, 3.63) is 53.6 Å². The second kappa shape index (κ2) is 7.25. The predicted molar refractivity (Wildman–Crippen MR) is 94.3 cm³/mol. The van der Waals surface area contributed by atoms with E-state index in [1.165, 1.54) is 5.01 Å². The zero-order valence-corrected chi connectivity index (χ0v) is 14.4. The van der Waals surface area contributed by atoms with Crippen molar-refractivity contribution in [3.63, 3.8) is 0 Å². The third kappa shape index (κ3) is 3.28. The van der Waals surface area contributed by atoms with Gasteiger partial charge >= 0.3 is 0 Å². The van der Waals surface area contributed by atoms with E-state index in [0.29, 0.717) is 17.9 Å². The molecule has 0 bridgehead atoms. The van der Waals surface area contributed by atoms with Crippen LogP contribution in [0.15, 0.2) is 47.6 Å². The molecule has 0 radical (unpaired) electrons. The van der Waals surface area contributed by atoms with Crippen LogP contribution in [0.5, 0.6) is 17.2 Å². The number of hydrazone groups is 1. The van der Waals surface area contributed by atoms with E-state index in [2.05, 4.69) is 5.10 Å². The highest BCUT2D eigenvalue weighted by Crippen LogP contribution is 2.34. The summed E-state index contributed by atoms with van der Waals surface area (Å²) in [5, 5.41) is 5.91. The van der Waals surface area contributed by atoms with Gasteiger partial charge in [-0.05, 0) is 35.9 Å². The molecule has 1 atom stereocenters. The predicted octanol–water partition coefficient (Wildman–Crippen LogP) is 3.02. The van der Waals surface area contributed by atoms with Crippen LogP contribution in [-0.2, 0) is 4.79 Å². The number of carbonyl (C=O) groups is 1. The first-order valence-electron chi connectivity index (χ1n) is 7.87. The zero-order chi connectivity index (χ0) is 17.8. The van der Waals surface area contributed by atoms with E-state index >= 15 is 0 Å². The summed E-state index contributed by atoms with van der Waals surface area (Å²) in [5.74, 6) is 2.07. The van der Waals surface area contributed by atoms with E-state index in [1.54, 1.807) is 21.3 Å². The van der Waals surface area contributed by atoms with E-state index in [4.69, 9.17) is 14.2 Å². The van der Waals surface area contributed by atoms with Crippen LogP contribution in [0.2, 0.25) is 0 Å². The SMILES string of the molecule is COc1ccc(C2CC(c3ccc(OC)c(OC)c3)=NN2C=O)cc1. The molecule has 0 N–H and O–H groups in total. The van der Waals surface area contributed by atoms with Crippen molar-refractivity contribution in [1.82, 2.24) is 5.01 Å². The molecule has 6 nitrogen and oxygen atoms in total. The summed E-state index contributed by atoms with van der Waals surface area (Å²) in [5.41, 5.74) is 2.74. The maximum Gasteiger partial charge on any atom is 0.230 e. The molecule has 1 aliphatic rings. The molecular weight excluding hydrogens is 320 g/mol. The second-order valence-electron chi connectivity index (χ2n) is 5.59. The average Bonchev–Trinajstić information content (AvgIpc) is 3.11. The van der Waals surface area contributed by atoms with Crippen molar-refractivity contribution in [2.75, 3.05) is 21.3 Å². The standard InChI is InChI=1S/C19H20N2O4/c1-23-15-7-4-13(5-8-15)17-11-16(20-21(17)12-22)14-6-9-18(24-2)19(10-14)25-3/h4-10,12,17H,11H2,1-3H3. The fourth-order valence-electron chi connectivity index (χ4n) is 2.91. The van der Waals surface area contributed by atoms with Crippen LogP contribution in [0.4, 0.5) is 0 Å². The van der Waals surface area contributed by atoms with Gasteiger partial charge in [-0.15, -0.1) is 0 Å². The molecule has 6 heteroatoms. The number of hydrogen-bond donors (Lipinski definition) is 0. The number of methoxy groups -OCH3 is 3. The summed E-state index contributed by atoms with van der Waals surface area (Å²) >= 11 is 0. The normalized spacial score (nSPS) is 16.4. The Kier molecular flexibility index (Phi) is 4.88. The average molecular weight is 340 g/mol. The number of rotatable bonds is 6. The molecule has 130 valence electrons. The van der Waals surface area contributed by atoms with Crippen LogP contribution in [-0.4, -0.2) is 38.5 Å². The highest BCUT2D eigenvalue weighted by atomic mass is 16.5. The molecule has 0 aromatic heterocycles. The smallest absolute Gasteiger partial charge is 0.230 e. The Morgan fingerprint density at radius 3 is 2.32 bits per heavy atom. The van der Waals surface area contributed by atoms with Gasteiger partial charge < -0.3 is 14.2 Å². The first kappa shape index (κ1) is 16.8. The fraction of sp³-hybridized carbons (Fsp3) is 0.263. The van der Waals surface area contributed by atoms with Crippen molar-refractivity contribution >= 4 is 12.1 Å². The molecule has 1 amide bonds. The maximum absolute atomic E-state index is 11.5. The number of benzene rings is 2. The van der Waals surface area contributed by atoms with Gasteiger partial charge in [-0.25, -0.2) is 5.01 Å². The van der Waals surface area contributed by atoms with Crippen molar-refractivity contribution in [2.24, 2.45) is 5.10 Å². The van der Waals surface area contributed by atoms with Crippen LogP contribution in [0.3, 0.4) is 0 Å². The lowest BCUT2D eigenvalue weighted by molar-refractivity contribution is -0.119. The van der Waals surface area contributed by atoms with Crippen LogP contribution in [0.1, 0.15) is 23.6 Å². The Labute approximate surface area is 146 Å². The second-order valence-corrected chi connectivity index (χ2v) is 5.59. The molecule has 25 heavy (non-hydrogen) atoms. The van der Waals surface area contributed by atoms with E-state index in [0.717, 1.165) is 29.0 Å². The maximum atomic E-state index is 11.5. The molecule has 1 heterocycles. The number of amides is 1. The number of hydrogen-bond acceptors (Lipinski definition) is 5. The van der Waals surface area contributed by atoms with Crippen LogP contribution < -0.4 is 14.2 Å². The van der Waals surface area contributed by atoms with Crippen molar-refractivity contribution < 1.29 is 19.0 Å². The third-order valence-corrected chi connectivity index (χ3v) is 4.27. The highest BCUT2D eigenvalue weighted by Gasteiger charge is 2.29. The topological polar surface area (TPSA) is 60.4 Å². The van der Waals surface area contributed by atoms with Crippen LogP contribution >= 0.6 is 0 Å². The van der Waals surface area contributed by atoms with Gasteiger partial charge in [0.15, 0.2) is 11.5 Å². The number of carbonyl (C=O) groups excluding carboxylic acids is 1. The Morgan fingerprint density at radius 2 is 1.72 bits per heavy atom. The molecule has 0 fully saturated rings. The molecule has 1 aliphatic heterocycles. The molecule has 2 aromatic carbocycles. The number of nitrogens with zero attached hydrogens (tertiary/aromatic N) is 2. The lowest BCUT2D eigenvalue weighted by atomic mass is 9.98. The van der Waals surface area contributed by atoms with Gasteiger partial charge in [0.2, 0.25) is 6.41 Å².